The van der Waals surface area contributed by atoms with Crippen molar-refractivity contribution >= 4 is 17.2 Å². The van der Waals surface area contributed by atoms with Gasteiger partial charge in [-0.05, 0) is 19.3 Å². The molecule has 2 heterocycles. The first-order valence-corrected chi connectivity index (χ1v) is 7.24. The van der Waals surface area contributed by atoms with Crippen molar-refractivity contribution in [3.63, 3.8) is 0 Å². The lowest BCUT2D eigenvalue weighted by Crippen LogP contribution is -2.06. The number of methoxy groups -OCH3 is 1. The molecule has 0 aliphatic heterocycles. The Morgan fingerprint density at radius 2 is 2.32 bits per heavy atom. The second kappa shape index (κ2) is 5.52. The van der Waals surface area contributed by atoms with Gasteiger partial charge in [0.15, 0.2) is 0 Å². The summed E-state index contributed by atoms with van der Waals surface area (Å²) in [5.74, 6) is 1.36. The van der Waals surface area contributed by atoms with Gasteiger partial charge in [0.25, 0.3) is 0 Å². The average Bonchev–Trinajstić information content (AvgIpc) is 3.00. The standard InChI is InChI=1S/C13H16N4OS/c1-18-12-7-11(15-8-16-12)14-6-5-13-17-9-3-2-4-10(9)19-13/h7-8H,2-6H2,1H3,(H,14,15,16). The van der Waals surface area contributed by atoms with E-state index in [9.17, 15) is 0 Å². The van der Waals surface area contributed by atoms with Gasteiger partial charge in [-0.1, -0.05) is 0 Å². The number of ether oxygens (including phenoxy) is 1. The lowest BCUT2D eigenvalue weighted by molar-refractivity contribution is 0.397. The molecule has 1 aliphatic rings. The highest BCUT2D eigenvalue weighted by Crippen LogP contribution is 2.27. The fourth-order valence-corrected chi connectivity index (χ4v) is 3.35. The first kappa shape index (κ1) is 12.3. The zero-order chi connectivity index (χ0) is 13.1. The maximum atomic E-state index is 5.06. The van der Waals surface area contributed by atoms with Crippen LogP contribution in [0, 0.1) is 0 Å². The number of anilines is 1. The van der Waals surface area contributed by atoms with Crippen LogP contribution >= 0.6 is 11.3 Å². The molecule has 1 N–H and O–H groups in total. The summed E-state index contributed by atoms with van der Waals surface area (Å²) in [6, 6.07) is 1.79. The van der Waals surface area contributed by atoms with Gasteiger partial charge in [-0.25, -0.2) is 15.0 Å². The van der Waals surface area contributed by atoms with Crippen molar-refractivity contribution in [3.05, 3.63) is 28.0 Å². The second-order valence-electron chi connectivity index (χ2n) is 4.45. The molecule has 0 atom stereocenters. The van der Waals surface area contributed by atoms with Gasteiger partial charge in [0, 0.05) is 23.9 Å². The molecule has 2 aromatic heterocycles. The minimum absolute atomic E-state index is 0.575. The molecule has 2 aromatic rings. The highest BCUT2D eigenvalue weighted by atomic mass is 32.1. The Bertz CT molecular complexity index is 548. The summed E-state index contributed by atoms with van der Waals surface area (Å²) < 4.78 is 5.06. The summed E-state index contributed by atoms with van der Waals surface area (Å²) in [4.78, 5) is 14.3. The fourth-order valence-electron chi connectivity index (χ4n) is 2.20. The van der Waals surface area contributed by atoms with Gasteiger partial charge in [-0.2, -0.15) is 0 Å². The van der Waals surface area contributed by atoms with Gasteiger partial charge in [0.2, 0.25) is 5.88 Å². The van der Waals surface area contributed by atoms with Crippen LogP contribution in [-0.2, 0) is 19.3 Å². The number of thiazole rings is 1. The van der Waals surface area contributed by atoms with Crippen LogP contribution in [0.4, 0.5) is 5.82 Å². The van der Waals surface area contributed by atoms with Crippen LogP contribution in [0.3, 0.4) is 0 Å². The maximum Gasteiger partial charge on any atom is 0.218 e. The van der Waals surface area contributed by atoms with Crippen molar-refractivity contribution < 1.29 is 4.74 Å². The zero-order valence-corrected chi connectivity index (χ0v) is 11.7. The Balaban J connectivity index is 1.54. The molecule has 100 valence electrons. The van der Waals surface area contributed by atoms with Crippen LogP contribution < -0.4 is 10.1 Å². The Labute approximate surface area is 116 Å². The minimum atomic E-state index is 0.575. The molecule has 0 fully saturated rings. The monoisotopic (exact) mass is 276 g/mol. The van der Waals surface area contributed by atoms with Crippen molar-refractivity contribution in [2.45, 2.75) is 25.7 Å². The Kier molecular flexibility index (Phi) is 3.59. The van der Waals surface area contributed by atoms with E-state index in [-0.39, 0.29) is 0 Å². The third-order valence-electron chi connectivity index (χ3n) is 3.14. The highest BCUT2D eigenvalue weighted by Gasteiger charge is 2.16. The summed E-state index contributed by atoms with van der Waals surface area (Å²) in [7, 11) is 1.60. The van der Waals surface area contributed by atoms with Gasteiger partial charge >= 0.3 is 0 Å². The molecule has 1 aliphatic carbocycles. The van der Waals surface area contributed by atoms with E-state index in [1.54, 1.807) is 13.2 Å². The van der Waals surface area contributed by atoms with Gasteiger partial charge in [-0.15, -0.1) is 11.3 Å². The SMILES string of the molecule is COc1cc(NCCc2nc3c(s2)CCC3)ncn1. The fraction of sp³-hybridized carbons (Fsp3) is 0.462. The molecule has 0 radical (unpaired) electrons. The number of rotatable bonds is 5. The van der Waals surface area contributed by atoms with E-state index >= 15 is 0 Å². The maximum absolute atomic E-state index is 5.06. The molecular formula is C13H16N4OS. The Morgan fingerprint density at radius 1 is 1.37 bits per heavy atom. The number of fused-ring (bicyclic) bond motifs is 1. The van der Waals surface area contributed by atoms with Crippen LogP contribution in [0.15, 0.2) is 12.4 Å². The van der Waals surface area contributed by atoms with Crippen molar-refractivity contribution in [2.24, 2.45) is 0 Å². The molecule has 0 saturated heterocycles. The molecule has 0 amide bonds. The van der Waals surface area contributed by atoms with Crippen molar-refractivity contribution in [1.82, 2.24) is 15.0 Å². The highest BCUT2D eigenvalue weighted by molar-refractivity contribution is 7.11. The molecule has 0 saturated carbocycles. The molecule has 3 rings (SSSR count). The van der Waals surface area contributed by atoms with Gasteiger partial charge < -0.3 is 10.1 Å². The van der Waals surface area contributed by atoms with Crippen molar-refractivity contribution in [3.8, 4) is 5.88 Å². The second-order valence-corrected chi connectivity index (χ2v) is 5.62. The number of hydrogen-bond donors (Lipinski definition) is 1. The number of hydrogen-bond acceptors (Lipinski definition) is 6. The lowest BCUT2D eigenvalue weighted by atomic mass is 10.3. The topological polar surface area (TPSA) is 59.9 Å². The first-order valence-electron chi connectivity index (χ1n) is 6.42. The zero-order valence-electron chi connectivity index (χ0n) is 10.8. The molecule has 0 bridgehead atoms. The van der Waals surface area contributed by atoms with E-state index in [0.717, 1.165) is 25.2 Å². The van der Waals surface area contributed by atoms with Crippen LogP contribution in [0.1, 0.15) is 22.0 Å². The number of nitrogens with one attached hydrogen (secondary N) is 1. The molecule has 0 aromatic carbocycles. The van der Waals surface area contributed by atoms with E-state index in [1.165, 1.54) is 34.7 Å². The van der Waals surface area contributed by atoms with E-state index in [4.69, 9.17) is 4.74 Å². The van der Waals surface area contributed by atoms with E-state index in [1.807, 2.05) is 11.3 Å². The molecule has 19 heavy (non-hydrogen) atoms. The van der Waals surface area contributed by atoms with Crippen LogP contribution in [0.5, 0.6) is 5.88 Å². The van der Waals surface area contributed by atoms with Crippen LogP contribution in [-0.4, -0.2) is 28.6 Å². The number of aromatic nitrogens is 3. The summed E-state index contributed by atoms with van der Waals surface area (Å²) in [6.07, 6.45) is 6.07. The largest absolute Gasteiger partial charge is 0.481 e. The normalized spacial score (nSPS) is 13.3. The van der Waals surface area contributed by atoms with Crippen LogP contribution in [0.25, 0.3) is 0 Å². The molecule has 5 nitrogen and oxygen atoms in total. The summed E-state index contributed by atoms with van der Waals surface area (Å²) in [6.45, 7) is 0.826. The quantitative estimate of drug-likeness (QED) is 0.906. The molecule has 0 unspecified atom stereocenters. The van der Waals surface area contributed by atoms with E-state index in [0.29, 0.717) is 5.88 Å². The first-order chi connectivity index (χ1) is 9.35. The smallest absolute Gasteiger partial charge is 0.218 e. The minimum Gasteiger partial charge on any atom is -0.481 e. The van der Waals surface area contributed by atoms with Crippen molar-refractivity contribution in [2.75, 3.05) is 19.0 Å². The number of aryl methyl sites for hydroxylation is 2. The summed E-state index contributed by atoms with van der Waals surface area (Å²) in [5.41, 5.74) is 1.32. The third-order valence-corrected chi connectivity index (χ3v) is 4.35. The Hall–Kier alpha value is -1.69. The van der Waals surface area contributed by atoms with E-state index < -0.39 is 0 Å². The van der Waals surface area contributed by atoms with Crippen molar-refractivity contribution in [1.29, 1.82) is 0 Å². The number of nitrogens with zero attached hydrogens (tertiary/aromatic N) is 3. The summed E-state index contributed by atoms with van der Waals surface area (Å²) in [5, 5.41) is 4.49. The lowest BCUT2D eigenvalue weighted by Gasteiger charge is -2.05. The third kappa shape index (κ3) is 2.84. The van der Waals surface area contributed by atoms with Gasteiger partial charge in [-0.3, -0.25) is 0 Å². The average molecular weight is 276 g/mol. The van der Waals surface area contributed by atoms with Gasteiger partial charge in [0.1, 0.15) is 12.1 Å². The molecule has 0 spiro atoms. The summed E-state index contributed by atoms with van der Waals surface area (Å²) >= 11 is 1.86. The molecular weight excluding hydrogens is 260 g/mol. The predicted octanol–water partition coefficient (Wildman–Crippen LogP) is 2.08. The predicted molar refractivity (Wildman–Crippen MR) is 74.9 cm³/mol. The van der Waals surface area contributed by atoms with Crippen LogP contribution in [0.2, 0.25) is 0 Å². The van der Waals surface area contributed by atoms with E-state index in [2.05, 4.69) is 20.3 Å². The molecule has 6 heteroatoms. The Morgan fingerprint density at radius 3 is 3.16 bits per heavy atom. The van der Waals surface area contributed by atoms with Gasteiger partial charge in [0.05, 0.1) is 17.8 Å².